The van der Waals surface area contributed by atoms with Crippen LogP contribution >= 0.6 is 0 Å². The highest BCUT2D eigenvalue weighted by Gasteiger charge is 2.27. The maximum Gasteiger partial charge on any atom is 0.120 e. The zero-order valence-corrected chi connectivity index (χ0v) is 11.3. The van der Waals surface area contributed by atoms with Gasteiger partial charge in [0.2, 0.25) is 0 Å². The lowest BCUT2D eigenvalue weighted by Gasteiger charge is -2.24. The normalized spacial score (nSPS) is 17.9. The lowest BCUT2D eigenvalue weighted by Crippen LogP contribution is -2.29. The molecule has 100 valence electrons. The summed E-state index contributed by atoms with van der Waals surface area (Å²) < 4.78 is 5.17. The fraction of sp³-hybridized carbons (Fsp3) is 0.600. The van der Waals surface area contributed by atoms with Crippen LogP contribution in [0, 0.1) is 5.41 Å². The summed E-state index contributed by atoms with van der Waals surface area (Å²) in [5, 5.41) is 13.3. The van der Waals surface area contributed by atoms with E-state index in [0.29, 0.717) is 17.7 Å². The maximum atomic E-state index is 9.79. The number of aromatic hydroxyl groups is 1. The second-order valence-electron chi connectivity index (χ2n) is 5.62. The van der Waals surface area contributed by atoms with Gasteiger partial charge in [0.05, 0.1) is 7.11 Å². The highest BCUT2D eigenvalue weighted by molar-refractivity contribution is 5.39. The zero-order chi connectivity index (χ0) is 13.0. The fourth-order valence-corrected chi connectivity index (χ4v) is 2.73. The fourth-order valence-electron chi connectivity index (χ4n) is 2.73. The molecule has 1 saturated carbocycles. The van der Waals surface area contributed by atoms with Gasteiger partial charge in [-0.3, -0.25) is 0 Å². The quantitative estimate of drug-likeness (QED) is 0.842. The van der Waals surface area contributed by atoms with Gasteiger partial charge in [-0.2, -0.15) is 0 Å². The Morgan fingerprint density at radius 1 is 1.33 bits per heavy atom. The molecule has 0 atom stereocenters. The second kappa shape index (κ2) is 5.61. The van der Waals surface area contributed by atoms with Gasteiger partial charge in [0.1, 0.15) is 11.5 Å². The first-order valence-corrected chi connectivity index (χ1v) is 6.70. The van der Waals surface area contributed by atoms with Crippen LogP contribution in [0.2, 0.25) is 0 Å². The minimum absolute atomic E-state index is 0.333. The van der Waals surface area contributed by atoms with Crippen LogP contribution in [0.25, 0.3) is 0 Å². The number of nitrogens with one attached hydrogen (secondary N) is 1. The van der Waals surface area contributed by atoms with Gasteiger partial charge >= 0.3 is 0 Å². The third-order valence-corrected chi connectivity index (χ3v) is 3.96. The Kier molecular flexibility index (Phi) is 4.12. The highest BCUT2D eigenvalue weighted by atomic mass is 16.5. The van der Waals surface area contributed by atoms with Crippen LogP contribution in [-0.4, -0.2) is 18.8 Å². The minimum Gasteiger partial charge on any atom is -0.508 e. The van der Waals surface area contributed by atoms with Crippen molar-refractivity contribution < 1.29 is 9.84 Å². The smallest absolute Gasteiger partial charge is 0.120 e. The van der Waals surface area contributed by atoms with Crippen molar-refractivity contribution in [2.45, 2.75) is 39.2 Å². The summed E-state index contributed by atoms with van der Waals surface area (Å²) in [6, 6.07) is 5.35. The topological polar surface area (TPSA) is 41.5 Å². The largest absolute Gasteiger partial charge is 0.508 e. The Hall–Kier alpha value is -1.22. The summed E-state index contributed by atoms with van der Waals surface area (Å²) in [4.78, 5) is 0. The Labute approximate surface area is 109 Å². The van der Waals surface area contributed by atoms with Crippen LogP contribution < -0.4 is 10.1 Å². The third kappa shape index (κ3) is 3.16. The van der Waals surface area contributed by atoms with Crippen molar-refractivity contribution in [1.29, 1.82) is 0 Å². The molecule has 0 amide bonds. The van der Waals surface area contributed by atoms with Crippen LogP contribution in [0.15, 0.2) is 18.2 Å². The second-order valence-corrected chi connectivity index (χ2v) is 5.62. The van der Waals surface area contributed by atoms with Crippen LogP contribution in [-0.2, 0) is 6.54 Å². The molecule has 0 unspecified atom stereocenters. The number of ether oxygens (including phenoxy) is 1. The number of phenols is 1. The van der Waals surface area contributed by atoms with Gasteiger partial charge in [-0.15, -0.1) is 0 Å². The molecule has 0 bridgehead atoms. The maximum absolute atomic E-state index is 9.79. The van der Waals surface area contributed by atoms with Crippen molar-refractivity contribution in [3.05, 3.63) is 23.8 Å². The number of phenolic OH excluding ortho intramolecular Hbond substituents is 1. The number of hydrogen-bond acceptors (Lipinski definition) is 3. The summed E-state index contributed by atoms with van der Waals surface area (Å²) in [6.07, 6.45) is 5.32. The van der Waals surface area contributed by atoms with E-state index in [2.05, 4.69) is 12.2 Å². The molecule has 1 fully saturated rings. The molecule has 0 saturated heterocycles. The van der Waals surface area contributed by atoms with Crippen LogP contribution in [0.5, 0.6) is 11.5 Å². The Morgan fingerprint density at radius 2 is 2.06 bits per heavy atom. The lowest BCUT2D eigenvalue weighted by atomic mass is 9.89. The molecule has 0 heterocycles. The van der Waals surface area contributed by atoms with E-state index >= 15 is 0 Å². The van der Waals surface area contributed by atoms with Gasteiger partial charge in [0.15, 0.2) is 0 Å². The monoisotopic (exact) mass is 249 g/mol. The van der Waals surface area contributed by atoms with Gasteiger partial charge in [-0.05, 0) is 36.5 Å². The molecular weight excluding hydrogens is 226 g/mol. The number of methoxy groups -OCH3 is 1. The summed E-state index contributed by atoms with van der Waals surface area (Å²) in [7, 11) is 1.64. The molecule has 1 aliphatic rings. The van der Waals surface area contributed by atoms with E-state index in [9.17, 15) is 5.11 Å². The Morgan fingerprint density at radius 3 is 2.72 bits per heavy atom. The highest BCUT2D eigenvalue weighted by Crippen LogP contribution is 2.36. The molecule has 0 aliphatic heterocycles. The molecule has 2 rings (SSSR count). The van der Waals surface area contributed by atoms with Gasteiger partial charge in [-0.25, -0.2) is 0 Å². The SMILES string of the molecule is COc1ccc(O)c(CNCC2(C)CCCC2)c1. The van der Waals surface area contributed by atoms with Crippen molar-refractivity contribution in [2.75, 3.05) is 13.7 Å². The molecule has 0 spiro atoms. The summed E-state index contributed by atoms with van der Waals surface area (Å²) in [5.41, 5.74) is 1.34. The molecular formula is C15H23NO2. The van der Waals surface area contributed by atoms with E-state index in [1.807, 2.05) is 6.07 Å². The first kappa shape index (κ1) is 13.2. The number of hydrogen-bond donors (Lipinski definition) is 2. The molecule has 3 heteroatoms. The van der Waals surface area contributed by atoms with Gasteiger partial charge in [0.25, 0.3) is 0 Å². The Balaban J connectivity index is 1.89. The average molecular weight is 249 g/mol. The van der Waals surface area contributed by atoms with Crippen molar-refractivity contribution >= 4 is 0 Å². The first-order valence-electron chi connectivity index (χ1n) is 6.70. The van der Waals surface area contributed by atoms with E-state index in [0.717, 1.165) is 17.9 Å². The molecule has 3 nitrogen and oxygen atoms in total. The van der Waals surface area contributed by atoms with E-state index in [4.69, 9.17) is 4.74 Å². The van der Waals surface area contributed by atoms with Gasteiger partial charge in [-0.1, -0.05) is 19.8 Å². The van der Waals surface area contributed by atoms with E-state index < -0.39 is 0 Å². The lowest BCUT2D eigenvalue weighted by molar-refractivity contribution is 0.313. The van der Waals surface area contributed by atoms with Gasteiger partial charge < -0.3 is 15.2 Å². The number of rotatable bonds is 5. The molecule has 2 N–H and O–H groups in total. The van der Waals surface area contributed by atoms with Crippen LogP contribution in [0.4, 0.5) is 0 Å². The Bertz CT molecular complexity index is 397. The molecule has 0 radical (unpaired) electrons. The zero-order valence-electron chi connectivity index (χ0n) is 11.3. The van der Waals surface area contributed by atoms with E-state index in [1.54, 1.807) is 19.2 Å². The molecule has 1 aromatic rings. The average Bonchev–Trinajstić information content (AvgIpc) is 2.79. The summed E-state index contributed by atoms with van der Waals surface area (Å²) >= 11 is 0. The standard InChI is InChI=1S/C15H23NO2/c1-15(7-3-4-8-15)11-16-10-12-9-13(18-2)5-6-14(12)17/h5-6,9,16-17H,3-4,7-8,10-11H2,1-2H3. The van der Waals surface area contributed by atoms with Crippen LogP contribution in [0.1, 0.15) is 38.2 Å². The minimum atomic E-state index is 0.333. The predicted octanol–water partition coefficient (Wildman–Crippen LogP) is 3.07. The van der Waals surface area contributed by atoms with Crippen molar-refractivity contribution in [2.24, 2.45) is 5.41 Å². The summed E-state index contributed by atoms with van der Waals surface area (Å²) in [6.45, 7) is 4.06. The number of benzene rings is 1. The van der Waals surface area contributed by atoms with E-state index in [-0.39, 0.29) is 0 Å². The van der Waals surface area contributed by atoms with Crippen LogP contribution in [0.3, 0.4) is 0 Å². The summed E-state index contributed by atoms with van der Waals surface area (Å²) in [5.74, 6) is 1.12. The predicted molar refractivity (Wildman–Crippen MR) is 72.9 cm³/mol. The molecule has 1 aliphatic carbocycles. The molecule has 1 aromatic carbocycles. The molecule has 0 aromatic heterocycles. The first-order chi connectivity index (χ1) is 8.63. The van der Waals surface area contributed by atoms with Crippen molar-refractivity contribution in [3.8, 4) is 11.5 Å². The third-order valence-electron chi connectivity index (χ3n) is 3.96. The van der Waals surface area contributed by atoms with Gasteiger partial charge in [0, 0.05) is 18.7 Å². The van der Waals surface area contributed by atoms with E-state index in [1.165, 1.54) is 25.7 Å². The van der Waals surface area contributed by atoms with Crippen molar-refractivity contribution in [3.63, 3.8) is 0 Å². The van der Waals surface area contributed by atoms with Crippen molar-refractivity contribution in [1.82, 2.24) is 5.32 Å². The molecule has 18 heavy (non-hydrogen) atoms.